The molecule has 4 nitrogen and oxygen atoms in total. The molecule has 1 saturated heterocycles. The van der Waals surface area contributed by atoms with Crippen LogP contribution in [0.25, 0.3) is 0 Å². The lowest BCUT2D eigenvalue weighted by Crippen LogP contribution is -2.12. The Labute approximate surface area is 99.5 Å². The molecule has 2 fully saturated rings. The van der Waals surface area contributed by atoms with Crippen LogP contribution in [0.2, 0.25) is 5.15 Å². The lowest BCUT2D eigenvalue weighted by Gasteiger charge is -2.09. The number of sulfone groups is 1. The average molecular weight is 261 g/mol. The van der Waals surface area contributed by atoms with E-state index in [1.807, 2.05) is 6.07 Å². The van der Waals surface area contributed by atoms with Crippen molar-refractivity contribution < 1.29 is 8.42 Å². The van der Waals surface area contributed by atoms with Crippen molar-refractivity contribution in [2.24, 2.45) is 0 Å². The highest BCUT2D eigenvalue weighted by Gasteiger charge is 2.33. The second-order valence-corrected chi connectivity index (χ2v) is 7.28. The second kappa shape index (κ2) is 3.47. The molecule has 0 radical (unpaired) electrons. The van der Waals surface area contributed by atoms with E-state index in [1.165, 1.54) is 12.8 Å². The molecule has 88 valence electrons. The van der Waals surface area contributed by atoms with Crippen LogP contribution in [0.15, 0.2) is 6.07 Å². The van der Waals surface area contributed by atoms with Gasteiger partial charge in [0.2, 0.25) is 0 Å². The molecule has 1 aromatic rings. The van der Waals surface area contributed by atoms with E-state index >= 15 is 0 Å². The highest BCUT2D eigenvalue weighted by molar-refractivity contribution is 7.91. The number of nitrogens with zero attached hydrogens (tertiary/aromatic N) is 2. The summed E-state index contributed by atoms with van der Waals surface area (Å²) >= 11 is 6.10. The maximum absolute atomic E-state index is 11.4. The van der Waals surface area contributed by atoms with Crippen molar-refractivity contribution in [2.45, 2.75) is 31.2 Å². The summed E-state index contributed by atoms with van der Waals surface area (Å²) < 4.78 is 24.5. The zero-order valence-corrected chi connectivity index (χ0v) is 10.3. The quantitative estimate of drug-likeness (QED) is 0.814. The van der Waals surface area contributed by atoms with Gasteiger partial charge in [-0.2, -0.15) is 5.10 Å². The standard InChI is InChI=1S/C10H13ClN2O2S/c11-10-5-9(7-1-2-7)12-13(10)8-3-4-16(14,15)6-8/h5,7-8H,1-4,6H2. The van der Waals surface area contributed by atoms with Gasteiger partial charge in [0, 0.05) is 5.92 Å². The smallest absolute Gasteiger partial charge is 0.152 e. The predicted octanol–water partition coefficient (Wildman–Crippen LogP) is 1.77. The topological polar surface area (TPSA) is 52.0 Å². The minimum Gasteiger partial charge on any atom is -0.250 e. The van der Waals surface area contributed by atoms with Crippen molar-refractivity contribution in [3.8, 4) is 0 Å². The van der Waals surface area contributed by atoms with Gasteiger partial charge in [0.15, 0.2) is 9.84 Å². The van der Waals surface area contributed by atoms with Gasteiger partial charge in [-0.25, -0.2) is 13.1 Å². The zero-order chi connectivity index (χ0) is 11.3. The Bertz CT molecular complexity index is 519. The summed E-state index contributed by atoms with van der Waals surface area (Å²) in [4.78, 5) is 0. The molecule has 2 heterocycles. The van der Waals surface area contributed by atoms with Crippen LogP contribution < -0.4 is 0 Å². The fraction of sp³-hybridized carbons (Fsp3) is 0.700. The van der Waals surface area contributed by atoms with E-state index in [1.54, 1.807) is 4.68 Å². The van der Waals surface area contributed by atoms with Crippen molar-refractivity contribution in [1.82, 2.24) is 9.78 Å². The van der Waals surface area contributed by atoms with Gasteiger partial charge in [-0.15, -0.1) is 0 Å². The molecule has 1 unspecified atom stereocenters. The van der Waals surface area contributed by atoms with E-state index < -0.39 is 9.84 Å². The summed E-state index contributed by atoms with van der Waals surface area (Å²) in [5.74, 6) is 0.988. The highest BCUT2D eigenvalue weighted by atomic mass is 35.5. The monoisotopic (exact) mass is 260 g/mol. The molecule has 16 heavy (non-hydrogen) atoms. The first-order valence-corrected chi connectivity index (χ1v) is 7.70. The van der Waals surface area contributed by atoms with Crippen molar-refractivity contribution in [3.05, 3.63) is 16.9 Å². The van der Waals surface area contributed by atoms with Crippen LogP contribution >= 0.6 is 11.6 Å². The maximum atomic E-state index is 11.4. The number of rotatable bonds is 2. The van der Waals surface area contributed by atoms with Gasteiger partial charge in [-0.3, -0.25) is 0 Å². The molecule has 0 bridgehead atoms. The van der Waals surface area contributed by atoms with Gasteiger partial charge < -0.3 is 0 Å². The molecule has 1 aliphatic heterocycles. The van der Waals surface area contributed by atoms with Crippen LogP contribution in [-0.2, 0) is 9.84 Å². The van der Waals surface area contributed by atoms with Crippen LogP contribution in [-0.4, -0.2) is 29.7 Å². The first-order chi connectivity index (χ1) is 7.55. The summed E-state index contributed by atoms with van der Waals surface area (Å²) in [5.41, 5.74) is 1.02. The van der Waals surface area contributed by atoms with Crippen molar-refractivity contribution >= 4 is 21.4 Å². The summed E-state index contributed by atoms with van der Waals surface area (Å²) in [5, 5.41) is 5.01. The third kappa shape index (κ3) is 1.86. The average Bonchev–Trinajstić information content (AvgIpc) is 2.89. The molecule has 0 aromatic carbocycles. The van der Waals surface area contributed by atoms with Crippen LogP contribution in [0.4, 0.5) is 0 Å². The van der Waals surface area contributed by atoms with E-state index in [0.29, 0.717) is 17.5 Å². The van der Waals surface area contributed by atoms with E-state index in [9.17, 15) is 8.42 Å². The molecule has 0 spiro atoms. The molecule has 1 aromatic heterocycles. The fourth-order valence-corrected chi connectivity index (χ4v) is 4.17. The van der Waals surface area contributed by atoms with Crippen LogP contribution in [0.1, 0.15) is 36.9 Å². The summed E-state index contributed by atoms with van der Waals surface area (Å²) in [6, 6.07) is 1.81. The lowest BCUT2D eigenvalue weighted by molar-refractivity contribution is 0.496. The van der Waals surface area contributed by atoms with Gasteiger partial charge >= 0.3 is 0 Å². The third-order valence-corrected chi connectivity index (χ3v) is 5.29. The van der Waals surface area contributed by atoms with Crippen LogP contribution in [0, 0.1) is 0 Å². The van der Waals surface area contributed by atoms with Gasteiger partial charge in [0.05, 0.1) is 23.2 Å². The molecule has 0 N–H and O–H groups in total. The van der Waals surface area contributed by atoms with Crippen molar-refractivity contribution in [2.75, 3.05) is 11.5 Å². The molecule has 1 atom stereocenters. The van der Waals surface area contributed by atoms with Gasteiger partial charge in [-0.05, 0) is 25.3 Å². The Kier molecular flexibility index (Phi) is 2.30. The Balaban J connectivity index is 1.89. The van der Waals surface area contributed by atoms with Gasteiger partial charge in [0.25, 0.3) is 0 Å². The van der Waals surface area contributed by atoms with Crippen LogP contribution in [0.3, 0.4) is 0 Å². The highest BCUT2D eigenvalue weighted by Crippen LogP contribution is 2.40. The Hall–Kier alpha value is -0.550. The summed E-state index contributed by atoms with van der Waals surface area (Å²) in [7, 11) is -2.88. The first-order valence-electron chi connectivity index (χ1n) is 5.50. The predicted molar refractivity (Wildman–Crippen MR) is 61.5 cm³/mol. The SMILES string of the molecule is O=S1(=O)CCC(n2nc(C3CC3)cc2Cl)C1. The van der Waals surface area contributed by atoms with Gasteiger partial charge in [-0.1, -0.05) is 11.6 Å². The first kappa shape index (κ1) is 10.6. The third-order valence-electron chi connectivity index (χ3n) is 3.26. The summed E-state index contributed by atoms with van der Waals surface area (Å²) in [6.45, 7) is 0. The minimum absolute atomic E-state index is 0.0648. The molecule has 1 saturated carbocycles. The Morgan fingerprint density at radius 3 is 2.69 bits per heavy atom. The molecular formula is C10H13ClN2O2S. The largest absolute Gasteiger partial charge is 0.250 e. The zero-order valence-electron chi connectivity index (χ0n) is 8.76. The molecule has 3 rings (SSSR count). The van der Waals surface area contributed by atoms with E-state index in [2.05, 4.69) is 5.10 Å². The fourth-order valence-electron chi connectivity index (χ4n) is 2.19. The van der Waals surface area contributed by atoms with E-state index in [0.717, 1.165) is 5.69 Å². The summed E-state index contributed by atoms with van der Waals surface area (Å²) in [6.07, 6.45) is 2.99. The normalized spacial score (nSPS) is 28.4. The maximum Gasteiger partial charge on any atom is 0.152 e. The van der Waals surface area contributed by atoms with Crippen molar-refractivity contribution in [1.29, 1.82) is 0 Å². The number of hydrogen-bond donors (Lipinski definition) is 0. The molecule has 6 heteroatoms. The lowest BCUT2D eigenvalue weighted by atomic mass is 10.3. The Morgan fingerprint density at radius 1 is 1.38 bits per heavy atom. The van der Waals surface area contributed by atoms with E-state index in [-0.39, 0.29) is 17.5 Å². The molecular weight excluding hydrogens is 248 g/mol. The van der Waals surface area contributed by atoms with E-state index in [4.69, 9.17) is 11.6 Å². The van der Waals surface area contributed by atoms with Gasteiger partial charge in [0.1, 0.15) is 5.15 Å². The number of hydrogen-bond acceptors (Lipinski definition) is 3. The Morgan fingerprint density at radius 2 is 2.12 bits per heavy atom. The molecule has 0 amide bonds. The molecule has 1 aliphatic carbocycles. The minimum atomic E-state index is -2.88. The van der Waals surface area contributed by atoms with Crippen molar-refractivity contribution in [3.63, 3.8) is 0 Å². The molecule has 2 aliphatic rings. The number of halogens is 1. The van der Waals surface area contributed by atoms with Crippen LogP contribution in [0.5, 0.6) is 0 Å². The second-order valence-electron chi connectivity index (χ2n) is 4.67. The number of aromatic nitrogens is 2.